The van der Waals surface area contributed by atoms with Gasteiger partial charge in [0.15, 0.2) is 6.10 Å². The van der Waals surface area contributed by atoms with Crippen molar-refractivity contribution in [3.63, 3.8) is 0 Å². The molecule has 248 valence electrons. The minimum absolute atomic E-state index is 0.00517. The van der Waals surface area contributed by atoms with Crippen molar-refractivity contribution in [3.8, 4) is 11.8 Å². The highest BCUT2D eigenvalue weighted by molar-refractivity contribution is 7.47. The molecule has 0 saturated carbocycles. The van der Waals surface area contributed by atoms with Gasteiger partial charge in [-0.05, 0) is 16.7 Å². The highest BCUT2D eigenvalue weighted by Gasteiger charge is 2.26. The molecule has 1 N–H and O–H groups in total. The van der Waals surface area contributed by atoms with Crippen molar-refractivity contribution in [1.29, 1.82) is 0 Å². The van der Waals surface area contributed by atoms with Gasteiger partial charge in [0.25, 0.3) is 11.8 Å². The predicted molar refractivity (Wildman–Crippen MR) is 164 cm³/mol. The Morgan fingerprint density at radius 1 is 0.932 bits per heavy atom. The zero-order valence-electron chi connectivity index (χ0n) is 26.5. The van der Waals surface area contributed by atoms with E-state index in [9.17, 15) is 9.46 Å². The molecule has 3 rings (SSSR count). The zero-order valence-corrected chi connectivity index (χ0v) is 27.4. The van der Waals surface area contributed by atoms with Crippen LogP contribution in [0, 0.1) is 0 Å². The van der Waals surface area contributed by atoms with Crippen LogP contribution in [0.5, 0.6) is 11.8 Å². The highest BCUT2D eigenvalue weighted by Crippen LogP contribution is 2.43. The molecule has 0 radical (unpaired) electrons. The second-order valence-corrected chi connectivity index (χ2v) is 12.7. The fourth-order valence-corrected chi connectivity index (χ4v) is 5.55. The molecular weight excluding hydrogens is 587 g/mol. The minimum atomic E-state index is -4.33. The van der Waals surface area contributed by atoms with E-state index in [1.807, 2.05) is 34.9 Å². The van der Waals surface area contributed by atoms with Gasteiger partial charge in [-0.15, -0.1) is 0 Å². The molecule has 44 heavy (non-hydrogen) atoms. The smallest absolute Gasteiger partial charge is 0.471 e. The van der Waals surface area contributed by atoms with Gasteiger partial charge in [-0.3, -0.25) is 9.05 Å². The van der Waals surface area contributed by atoms with Gasteiger partial charge in [-0.2, -0.15) is 0 Å². The summed E-state index contributed by atoms with van der Waals surface area (Å²) in [5.74, 6) is 1.26. The molecule has 0 aliphatic heterocycles. The molecule has 3 aromatic heterocycles. The summed E-state index contributed by atoms with van der Waals surface area (Å²) in [6.45, 7) is 2.33. The van der Waals surface area contributed by atoms with Crippen molar-refractivity contribution in [3.05, 3.63) is 42.9 Å². The lowest BCUT2D eigenvalue weighted by molar-refractivity contribution is -0.671. The van der Waals surface area contributed by atoms with E-state index in [1.165, 1.54) is 89.4 Å². The van der Waals surface area contributed by atoms with Gasteiger partial charge < -0.3 is 23.4 Å². The lowest BCUT2D eigenvalue weighted by atomic mass is 10.0. The molecule has 0 spiro atoms. The average molecular weight is 640 g/mol. The predicted octanol–water partition coefficient (Wildman–Crippen LogP) is 6.97. The van der Waals surface area contributed by atoms with Crippen molar-refractivity contribution in [2.75, 3.05) is 19.8 Å². The molecule has 0 fully saturated rings. The molecule has 2 atom stereocenters. The van der Waals surface area contributed by atoms with Gasteiger partial charge in [-0.1, -0.05) is 90.4 Å². The van der Waals surface area contributed by atoms with Crippen LogP contribution in [0.4, 0.5) is 0 Å². The molecule has 0 aromatic carbocycles. The fourth-order valence-electron chi connectivity index (χ4n) is 4.81. The van der Waals surface area contributed by atoms with Crippen LogP contribution in [-0.4, -0.2) is 45.7 Å². The lowest BCUT2D eigenvalue weighted by Gasteiger charge is -2.19. The summed E-state index contributed by atoms with van der Waals surface area (Å²) in [6, 6.07) is 3.28. The van der Waals surface area contributed by atoms with Crippen LogP contribution in [-0.2, 0) is 33.6 Å². The van der Waals surface area contributed by atoms with E-state index in [1.54, 1.807) is 6.07 Å². The third-order valence-corrected chi connectivity index (χ3v) is 8.27. The highest BCUT2D eigenvalue weighted by atomic mass is 31.2. The summed E-state index contributed by atoms with van der Waals surface area (Å²) in [6.07, 6.45) is 25.3. The number of rotatable bonds is 27. The molecule has 3 heterocycles. The summed E-state index contributed by atoms with van der Waals surface area (Å²) in [7, 11) is -2.44. The van der Waals surface area contributed by atoms with Gasteiger partial charge in [-0.25, -0.2) is 13.7 Å². The van der Waals surface area contributed by atoms with Crippen LogP contribution in [0.3, 0.4) is 0 Å². The number of aryl methyl sites for hydroxylation is 2. The average Bonchev–Trinajstić information content (AvgIpc) is 3.78. The van der Waals surface area contributed by atoms with Crippen molar-refractivity contribution < 1.29 is 41.6 Å². The van der Waals surface area contributed by atoms with E-state index in [0.29, 0.717) is 12.4 Å². The maximum Gasteiger partial charge on any atom is 0.472 e. The maximum absolute atomic E-state index is 12.4. The minimum Gasteiger partial charge on any atom is -0.471 e. The topological polar surface area (TPSA) is 135 Å². The number of imidazole rings is 1. The van der Waals surface area contributed by atoms with Crippen LogP contribution >= 0.6 is 7.82 Å². The van der Waals surface area contributed by atoms with E-state index < -0.39 is 13.9 Å². The van der Waals surface area contributed by atoms with Crippen molar-refractivity contribution in [2.24, 2.45) is 7.05 Å². The second kappa shape index (κ2) is 21.1. The van der Waals surface area contributed by atoms with Gasteiger partial charge >= 0.3 is 7.82 Å². The normalized spacial score (nSPS) is 13.6. The number of hydrogen-bond donors (Lipinski definition) is 1. The van der Waals surface area contributed by atoms with E-state index in [4.69, 9.17) is 27.6 Å². The molecule has 0 aliphatic carbocycles. The Bertz CT molecular complexity index is 1170. The van der Waals surface area contributed by atoms with E-state index in [0.717, 1.165) is 25.0 Å². The third kappa shape index (κ3) is 15.9. The van der Waals surface area contributed by atoms with Gasteiger partial charge in [0, 0.05) is 18.6 Å². The number of phosphoric acid groups is 1. The largest absolute Gasteiger partial charge is 0.472 e. The van der Waals surface area contributed by atoms with E-state index >= 15 is 0 Å². The number of phosphoric ester groups is 1. The third-order valence-electron chi connectivity index (χ3n) is 7.28. The first-order valence-corrected chi connectivity index (χ1v) is 17.7. The van der Waals surface area contributed by atoms with Crippen LogP contribution in [0.1, 0.15) is 103 Å². The molecule has 0 saturated heterocycles. The van der Waals surface area contributed by atoms with E-state index in [2.05, 4.69) is 17.2 Å². The Morgan fingerprint density at radius 3 is 2.23 bits per heavy atom. The molecular formula is C31H52N4O8P+. The van der Waals surface area contributed by atoms with Crippen molar-refractivity contribution in [1.82, 2.24) is 14.9 Å². The van der Waals surface area contributed by atoms with Crippen LogP contribution in [0.25, 0.3) is 0 Å². The number of unbranched alkanes of at least 4 members (excludes halogenated alkanes) is 13. The van der Waals surface area contributed by atoms with Crippen LogP contribution in [0.2, 0.25) is 0 Å². The van der Waals surface area contributed by atoms with E-state index in [-0.39, 0.29) is 25.7 Å². The van der Waals surface area contributed by atoms with Crippen LogP contribution < -0.4 is 14.0 Å². The lowest BCUT2D eigenvalue weighted by Crippen LogP contribution is -2.30. The summed E-state index contributed by atoms with van der Waals surface area (Å²) in [5, 5.41) is 7.71. The Hall–Kier alpha value is -2.66. The molecule has 13 heteroatoms. The quantitative estimate of drug-likeness (QED) is 0.0529. The number of ether oxygens (including phenoxy) is 2. The first kappa shape index (κ1) is 35.8. The van der Waals surface area contributed by atoms with Crippen molar-refractivity contribution in [2.45, 2.75) is 116 Å². The summed E-state index contributed by atoms with van der Waals surface area (Å²) >= 11 is 0. The molecule has 0 amide bonds. The SMILES string of the molecule is CCCCCCCCCCCCCCCCc1cc(OCC(COP(=O)(O)OCCn2cc[n+](C)c2)Oc2ccon2)no1. The fraction of sp³-hybridized carbons (Fsp3) is 0.710. The first-order chi connectivity index (χ1) is 21.4. The Morgan fingerprint density at radius 2 is 1.61 bits per heavy atom. The molecule has 0 aliphatic rings. The standard InChI is InChI=1S/C31H51N4O8P/c1-3-4-5-6-7-8-9-10-11-12-13-14-15-16-17-28-24-31(33-43-28)38-25-29(42-30-18-22-39-32-30)26-41-44(36,37)40-23-21-35-20-19-34(2)27-35/h18-20,22,24,27,29H,3-17,21,23,25-26H2,1-2H3/p+1. The second-order valence-electron chi connectivity index (χ2n) is 11.3. The monoisotopic (exact) mass is 639 g/mol. The van der Waals surface area contributed by atoms with Crippen LogP contribution in [0.15, 0.2) is 46.2 Å². The maximum atomic E-state index is 12.4. The summed E-state index contributed by atoms with van der Waals surface area (Å²) in [4.78, 5) is 10.1. The number of nitrogens with zero attached hydrogens (tertiary/aromatic N) is 4. The zero-order chi connectivity index (χ0) is 31.3. The molecule has 3 aromatic rings. The molecule has 2 unspecified atom stereocenters. The summed E-state index contributed by atoms with van der Waals surface area (Å²) < 4.78 is 48.1. The number of aromatic nitrogens is 4. The number of hydrogen-bond acceptors (Lipinski definition) is 9. The molecule has 0 bridgehead atoms. The van der Waals surface area contributed by atoms with Gasteiger partial charge in [0.2, 0.25) is 6.33 Å². The Kier molecular flexibility index (Phi) is 17.2. The van der Waals surface area contributed by atoms with Crippen molar-refractivity contribution >= 4 is 7.82 Å². The van der Waals surface area contributed by atoms with Gasteiger partial charge in [0.1, 0.15) is 37.6 Å². The molecule has 12 nitrogen and oxygen atoms in total. The first-order valence-electron chi connectivity index (χ1n) is 16.2. The van der Waals surface area contributed by atoms with Gasteiger partial charge in [0.05, 0.1) is 20.3 Å². The summed E-state index contributed by atoms with van der Waals surface area (Å²) in [5.41, 5.74) is 0. The Balaban J connectivity index is 1.28. The Labute approximate surface area is 261 Å².